The third-order valence-electron chi connectivity index (χ3n) is 4.47. The molecule has 7 nitrogen and oxygen atoms in total. The van der Waals surface area contributed by atoms with Crippen LogP contribution in [-0.2, 0) is 14.3 Å². The van der Waals surface area contributed by atoms with Gasteiger partial charge < -0.3 is 14.8 Å². The lowest BCUT2D eigenvalue weighted by Crippen LogP contribution is -2.41. The van der Waals surface area contributed by atoms with Gasteiger partial charge in [0.15, 0.2) is 5.69 Å². The van der Waals surface area contributed by atoms with Gasteiger partial charge in [-0.05, 0) is 23.3 Å². The lowest BCUT2D eigenvalue weighted by Gasteiger charge is -2.25. The van der Waals surface area contributed by atoms with Gasteiger partial charge in [-0.25, -0.2) is 9.78 Å². The SMILES string of the molecule is C=Cc1cccc(-c2cnc(C(=O)OC)c(NC(=O)CN3CCOCC3)c2)c1. The van der Waals surface area contributed by atoms with Crippen LogP contribution in [0.4, 0.5) is 5.69 Å². The number of ether oxygens (including phenoxy) is 2. The lowest BCUT2D eigenvalue weighted by atomic mass is 10.0. The molecule has 0 bridgehead atoms. The predicted octanol–water partition coefficient (Wildman–Crippen LogP) is 2.45. The fourth-order valence-corrected chi connectivity index (χ4v) is 2.97. The van der Waals surface area contributed by atoms with Crippen molar-refractivity contribution in [3.8, 4) is 11.1 Å². The van der Waals surface area contributed by atoms with Gasteiger partial charge in [0.25, 0.3) is 0 Å². The van der Waals surface area contributed by atoms with Gasteiger partial charge in [-0.2, -0.15) is 0 Å². The third-order valence-corrected chi connectivity index (χ3v) is 4.47. The molecule has 1 N–H and O–H groups in total. The van der Waals surface area contributed by atoms with Gasteiger partial charge in [-0.1, -0.05) is 30.9 Å². The van der Waals surface area contributed by atoms with E-state index >= 15 is 0 Å². The van der Waals surface area contributed by atoms with Gasteiger partial charge in [-0.15, -0.1) is 0 Å². The number of aromatic nitrogens is 1. The van der Waals surface area contributed by atoms with Crippen molar-refractivity contribution in [1.82, 2.24) is 9.88 Å². The van der Waals surface area contributed by atoms with Crippen molar-refractivity contribution < 1.29 is 19.1 Å². The predicted molar refractivity (Wildman–Crippen MR) is 107 cm³/mol. The summed E-state index contributed by atoms with van der Waals surface area (Å²) in [5.41, 5.74) is 3.04. The molecule has 1 saturated heterocycles. The Labute approximate surface area is 164 Å². The van der Waals surface area contributed by atoms with Crippen molar-refractivity contribution >= 4 is 23.6 Å². The van der Waals surface area contributed by atoms with E-state index in [1.54, 1.807) is 18.3 Å². The lowest BCUT2D eigenvalue weighted by molar-refractivity contribution is -0.118. The van der Waals surface area contributed by atoms with E-state index in [9.17, 15) is 9.59 Å². The topological polar surface area (TPSA) is 80.8 Å². The highest BCUT2D eigenvalue weighted by atomic mass is 16.5. The Hall–Kier alpha value is -3.03. The summed E-state index contributed by atoms with van der Waals surface area (Å²) >= 11 is 0. The molecule has 1 aliphatic heterocycles. The molecule has 0 saturated carbocycles. The first-order valence-corrected chi connectivity index (χ1v) is 9.02. The summed E-state index contributed by atoms with van der Waals surface area (Å²) in [5, 5.41) is 2.81. The molecule has 2 heterocycles. The minimum atomic E-state index is -0.604. The standard InChI is InChI=1S/C21H23N3O4/c1-3-15-5-4-6-16(11-15)17-12-18(20(22-13-17)21(26)27-2)23-19(25)14-24-7-9-28-10-8-24/h3-6,11-13H,1,7-10,14H2,2H3,(H,23,25). The first kappa shape index (κ1) is 19.7. The van der Waals surface area contributed by atoms with Crippen LogP contribution in [0.15, 0.2) is 43.1 Å². The first-order chi connectivity index (χ1) is 13.6. The highest BCUT2D eigenvalue weighted by Gasteiger charge is 2.19. The van der Waals surface area contributed by atoms with Crippen molar-refractivity contribution in [2.24, 2.45) is 0 Å². The van der Waals surface area contributed by atoms with E-state index < -0.39 is 5.97 Å². The van der Waals surface area contributed by atoms with Crippen LogP contribution in [-0.4, -0.2) is 61.7 Å². The molecule has 1 fully saturated rings. The van der Waals surface area contributed by atoms with E-state index in [-0.39, 0.29) is 18.1 Å². The Kier molecular flexibility index (Phi) is 6.52. The van der Waals surface area contributed by atoms with Crippen LogP contribution in [0.2, 0.25) is 0 Å². The molecule has 1 aromatic heterocycles. The van der Waals surface area contributed by atoms with E-state index in [2.05, 4.69) is 16.9 Å². The fraction of sp³-hybridized carbons (Fsp3) is 0.286. The van der Waals surface area contributed by atoms with Gasteiger partial charge in [0.05, 0.1) is 32.6 Å². The molecule has 1 aliphatic rings. The van der Waals surface area contributed by atoms with Crippen molar-refractivity contribution in [3.63, 3.8) is 0 Å². The van der Waals surface area contributed by atoms with Gasteiger partial charge in [-0.3, -0.25) is 9.69 Å². The maximum Gasteiger partial charge on any atom is 0.358 e. The zero-order chi connectivity index (χ0) is 19.9. The van der Waals surface area contributed by atoms with Crippen LogP contribution in [0.5, 0.6) is 0 Å². The molecule has 2 aromatic rings. The Morgan fingerprint density at radius 3 is 2.79 bits per heavy atom. The Bertz CT molecular complexity index is 876. The number of esters is 1. The molecule has 0 spiro atoms. The summed E-state index contributed by atoms with van der Waals surface area (Å²) in [7, 11) is 1.28. The number of carbonyl (C=O) groups excluding carboxylic acids is 2. The highest BCUT2D eigenvalue weighted by molar-refractivity contribution is 6.01. The second kappa shape index (κ2) is 9.25. The van der Waals surface area contributed by atoms with Crippen molar-refractivity contribution in [3.05, 3.63) is 54.4 Å². The summed E-state index contributed by atoms with van der Waals surface area (Å²) < 4.78 is 10.1. The smallest absolute Gasteiger partial charge is 0.358 e. The van der Waals surface area contributed by atoms with E-state index in [0.29, 0.717) is 32.0 Å². The zero-order valence-corrected chi connectivity index (χ0v) is 15.8. The Morgan fingerprint density at radius 2 is 2.07 bits per heavy atom. The molecule has 146 valence electrons. The highest BCUT2D eigenvalue weighted by Crippen LogP contribution is 2.25. The number of benzene rings is 1. The van der Waals surface area contributed by atoms with Crippen LogP contribution < -0.4 is 5.32 Å². The number of carbonyl (C=O) groups is 2. The van der Waals surface area contributed by atoms with Crippen molar-refractivity contribution in [1.29, 1.82) is 0 Å². The normalized spacial score (nSPS) is 14.3. The summed E-state index contributed by atoms with van der Waals surface area (Å²) in [6.45, 7) is 6.62. The number of anilines is 1. The van der Waals surface area contributed by atoms with Crippen LogP contribution in [0.25, 0.3) is 17.2 Å². The van der Waals surface area contributed by atoms with Gasteiger partial charge >= 0.3 is 5.97 Å². The average molecular weight is 381 g/mol. The van der Waals surface area contributed by atoms with Gasteiger partial charge in [0.1, 0.15) is 0 Å². The van der Waals surface area contributed by atoms with E-state index in [0.717, 1.165) is 16.7 Å². The van der Waals surface area contributed by atoms with Gasteiger partial charge in [0, 0.05) is 24.8 Å². The third kappa shape index (κ3) is 4.82. The minimum absolute atomic E-state index is 0.0708. The number of rotatable bonds is 6. The summed E-state index contributed by atoms with van der Waals surface area (Å²) in [6.07, 6.45) is 3.34. The molecular formula is C21H23N3O4. The largest absolute Gasteiger partial charge is 0.464 e. The monoisotopic (exact) mass is 381 g/mol. The zero-order valence-electron chi connectivity index (χ0n) is 15.8. The number of hydrogen-bond acceptors (Lipinski definition) is 6. The molecule has 0 aliphatic carbocycles. The second-order valence-corrected chi connectivity index (χ2v) is 6.38. The van der Waals surface area contributed by atoms with E-state index in [1.165, 1.54) is 7.11 Å². The first-order valence-electron chi connectivity index (χ1n) is 9.02. The molecule has 1 aromatic carbocycles. The van der Waals surface area contributed by atoms with E-state index in [4.69, 9.17) is 9.47 Å². The number of nitrogens with zero attached hydrogens (tertiary/aromatic N) is 2. The number of hydrogen-bond donors (Lipinski definition) is 1. The van der Waals surface area contributed by atoms with Crippen LogP contribution in [0.3, 0.4) is 0 Å². The maximum absolute atomic E-state index is 12.5. The summed E-state index contributed by atoms with van der Waals surface area (Å²) in [6, 6.07) is 9.48. The van der Waals surface area contributed by atoms with Crippen molar-refractivity contribution in [2.75, 3.05) is 45.3 Å². The number of nitrogens with one attached hydrogen (secondary N) is 1. The number of morpholine rings is 1. The van der Waals surface area contributed by atoms with Crippen LogP contribution >= 0.6 is 0 Å². The molecule has 0 radical (unpaired) electrons. The minimum Gasteiger partial charge on any atom is -0.464 e. The maximum atomic E-state index is 12.5. The molecule has 0 unspecified atom stereocenters. The summed E-state index contributed by atoms with van der Waals surface area (Å²) in [4.78, 5) is 30.8. The number of methoxy groups -OCH3 is 1. The molecule has 1 amide bonds. The fourth-order valence-electron chi connectivity index (χ4n) is 2.97. The molecule has 28 heavy (non-hydrogen) atoms. The van der Waals surface area contributed by atoms with E-state index in [1.807, 2.05) is 29.2 Å². The molecule has 7 heteroatoms. The van der Waals surface area contributed by atoms with Crippen molar-refractivity contribution in [2.45, 2.75) is 0 Å². The second-order valence-electron chi connectivity index (χ2n) is 6.38. The Morgan fingerprint density at radius 1 is 1.29 bits per heavy atom. The number of amides is 1. The molecular weight excluding hydrogens is 358 g/mol. The van der Waals surface area contributed by atoms with Crippen LogP contribution in [0.1, 0.15) is 16.1 Å². The summed E-state index contributed by atoms with van der Waals surface area (Å²) in [5.74, 6) is -0.820. The molecule has 0 atom stereocenters. The van der Waals surface area contributed by atoms with Gasteiger partial charge in [0.2, 0.25) is 5.91 Å². The average Bonchev–Trinajstić information content (AvgIpc) is 2.73. The molecule has 3 rings (SSSR count). The quantitative estimate of drug-likeness (QED) is 0.774. The van der Waals surface area contributed by atoms with Crippen LogP contribution in [0, 0.1) is 0 Å². The number of pyridine rings is 1. The Balaban J connectivity index is 1.86.